The zero-order valence-electron chi connectivity index (χ0n) is 16.7. The van der Waals surface area contributed by atoms with Crippen LogP contribution in [0.1, 0.15) is 48.7 Å². The van der Waals surface area contributed by atoms with Crippen LogP contribution < -0.4 is 4.90 Å². The molecule has 0 N–H and O–H groups in total. The van der Waals surface area contributed by atoms with Gasteiger partial charge in [-0.15, -0.1) is 6.42 Å². The van der Waals surface area contributed by atoms with Gasteiger partial charge in [-0.1, -0.05) is 36.3 Å². The molecule has 1 aromatic heterocycles. The Bertz CT molecular complexity index is 973. The van der Waals surface area contributed by atoms with E-state index >= 15 is 0 Å². The molecule has 3 saturated heterocycles. The van der Waals surface area contributed by atoms with Crippen molar-refractivity contribution in [2.45, 2.75) is 50.5 Å². The number of aryl methyl sites for hydroxylation is 1. The summed E-state index contributed by atoms with van der Waals surface area (Å²) in [7, 11) is 0. The van der Waals surface area contributed by atoms with Gasteiger partial charge in [0.1, 0.15) is 11.9 Å². The number of hydrogen-bond donors (Lipinski definition) is 0. The smallest absolute Gasteiger partial charge is 0.257 e. The molecule has 4 heterocycles. The van der Waals surface area contributed by atoms with Gasteiger partial charge in [0.15, 0.2) is 5.60 Å². The second-order valence-corrected chi connectivity index (χ2v) is 8.27. The maximum absolute atomic E-state index is 13.5. The molecule has 5 nitrogen and oxygen atoms in total. The lowest BCUT2D eigenvalue weighted by atomic mass is 9.89. The second-order valence-electron chi connectivity index (χ2n) is 8.27. The highest BCUT2D eigenvalue weighted by molar-refractivity contribution is 5.88. The van der Waals surface area contributed by atoms with Gasteiger partial charge in [-0.05, 0) is 37.5 Å². The SMILES string of the molecule is C#Cc1cc(N2CCC3(CC2)O[C@@H]2CC[C@@H](c4ccccc4)N2C3=O)cc(C)n1. The van der Waals surface area contributed by atoms with E-state index in [0.29, 0.717) is 18.5 Å². The molecular formula is C24H25N3O2. The number of hydrogen-bond acceptors (Lipinski definition) is 4. The average molecular weight is 387 g/mol. The van der Waals surface area contributed by atoms with Crippen molar-refractivity contribution in [1.82, 2.24) is 9.88 Å². The van der Waals surface area contributed by atoms with Gasteiger partial charge in [-0.3, -0.25) is 4.79 Å². The minimum atomic E-state index is -0.675. The van der Waals surface area contributed by atoms with Gasteiger partial charge in [-0.25, -0.2) is 4.98 Å². The predicted molar refractivity (Wildman–Crippen MR) is 111 cm³/mol. The first-order chi connectivity index (χ1) is 14.1. The van der Waals surface area contributed by atoms with Crippen LogP contribution in [0, 0.1) is 19.3 Å². The number of pyridine rings is 1. The van der Waals surface area contributed by atoms with Crippen molar-refractivity contribution in [1.29, 1.82) is 0 Å². The number of piperidine rings is 1. The highest BCUT2D eigenvalue weighted by Gasteiger charge is 2.57. The Morgan fingerprint density at radius 2 is 1.93 bits per heavy atom. The molecule has 29 heavy (non-hydrogen) atoms. The van der Waals surface area contributed by atoms with Gasteiger partial charge in [0.25, 0.3) is 5.91 Å². The topological polar surface area (TPSA) is 45.7 Å². The summed E-state index contributed by atoms with van der Waals surface area (Å²) in [6.45, 7) is 3.50. The Hall–Kier alpha value is -2.84. The average Bonchev–Trinajstić information content (AvgIpc) is 3.27. The summed E-state index contributed by atoms with van der Waals surface area (Å²) in [4.78, 5) is 22.1. The van der Waals surface area contributed by atoms with Gasteiger partial charge in [0.2, 0.25) is 0 Å². The molecular weight excluding hydrogens is 362 g/mol. The molecule has 0 aliphatic carbocycles. The molecule has 3 aliphatic heterocycles. The van der Waals surface area contributed by atoms with Crippen molar-refractivity contribution in [2.24, 2.45) is 0 Å². The van der Waals surface area contributed by atoms with Crippen molar-refractivity contribution in [3.05, 3.63) is 59.4 Å². The number of benzene rings is 1. The van der Waals surface area contributed by atoms with E-state index in [1.165, 1.54) is 5.56 Å². The molecule has 1 aromatic carbocycles. The Balaban J connectivity index is 1.34. The fourth-order valence-corrected chi connectivity index (χ4v) is 5.08. The van der Waals surface area contributed by atoms with Crippen LogP contribution in [0.25, 0.3) is 0 Å². The summed E-state index contributed by atoms with van der Waals surface area (Å²) in [5, 5.41) is 0. The maximum atomic E-state index is 13.5. The lowest BCUT2D eigenvalue weighted by Gasteiger charge is -2.38. The van der Waals surface area contributed by atoms with Crippen LogP contribution in [0.15, 0.2) is 42.5 Å². The Kier molecular flexibility index (Phi) is 4.33. The number of terminal acetylenes is 1. The van der Waals surface area contributed by atoms with Crippen LogP contribution in [-0.4, -0.2) is 40.7 Å². The molecule has 0 radical (unpaired) electrons. The molecule has 0 unspecified atom stereocenters. The number of aromatic nitrogens is 1. The van der Waals surface area contributed by atoms with Gasteiger partial charge in [0.05, 0.1) is 6.04 Å². The monoisotopic (exact) mass is 387 g/mol. The van der Waals surface area contributed by atoms with Crippen LogP contribution >= 0.6 is 0 Å². The number of rotatable bonds is 2. The van der Waals surface area contributed by atoms with Gasteiger partial charge < -0.3 is 14.5 Å². The summed E-state index contributed by atoms with van der Waals surface area (Å²) in [6.07, 6.45) is 8.73. The van der Waals surface area contributed by atoms with Gasteiger partial charge in [0, 0.05) is 37.3 Å². The number of carbonyl (C=O) groups is 1. The molecule has 3 aliphatic rings. The van der Waals surface area contributed by atoms with Crippen molar-refractivity contribution in [2.75, 3.05) is 18.0 Å². The first kappa shape index (κ1) is 18.2. The van der Waals surface area contributed by atoms with Gasteiger partial charge in [-0.2, -0.15) is 0 Å². The van der Waals surface area contributed by atoms with Crippen molar-refractivity contribution < 1.29 is 9.53 Å². The van der Waals surface area contributed by atoms with E-state index < -0.39 is 5.60 Å². The van der Waals surface area contributed by atoms with Crippen LogP contribution in [0.4, 0.5) is 5.69 Å². The summed E-state index contributed by atoms with van der Waals surface area (Å²) in [5.41, 5.74) is 3.17. The molecule has 1 amide bonds. The summed E-state index contributed by atoms with van der Waals surface area (Å²) >= 11 is 0. The maximum Gasteiger partial charge on any atom is 0.257 e. The van der Waals surface area contributed by atoms with Crippen LogP contribution in [-0.2, 0) is 9.53 Å². The zero-order valence-corrected chi connectivity index (χ0v) is 16.7. The summed E-state index contributed by atoms with van der Waals surface area (Å²) < 4.78 is 6.44. The minimum Gasteiger partial charge on any atom is -0.371 e. The molecule has 0 saturated carbocycles. The Morgan fingerprint density at radius 3 is 2.66 bits per heavy atom. The normalized spacial score (nSPS) is 25.3. The highest BCUT2D eigenvalue weighted by atomic mass is 16.6. The predicted octanol–water partition coefficient (Wildman–Crippen LogP) is 3.43. The number of carbonyl (C=O) groups excluding carboxylic acids is 1. The van der Waals surface area contributed by atoms with E-state index in [-0.39, 0.29) is 18.2 Å². The minimum absolute atomic E-state index is 0.0875. The van der Waals surface area contributed by atoms with E-state index in [4.69, 9.17) is 11.2 Å². The third-order valence-electron chi connectivity index (χ3n) is 6.53. The largest absolute Gasteiger partial charge is 0.371 e. The first-order valence-electron chi connectivity index (χ1n) is 10.4. The number of nitrogens with zero attached hydrogens (tertiary/aromatic N) is 3. The Labute approximate surface area is 171 Å². The lowest BCUT2D eigenvalue weighted by molar-refractivity contribution is -0.140. The molecule has 148 valence electrons. The molecule has 1 spiro atoms. The van der Waals surface area contributed by atoms with E-state index in [1.807, 2.05) is 36.1 Å². The zero-order chi connectivity index (χ0) is 20.0. The lowest BCUT2D eigenvalue weighted by Crippen LogP contribution is -2.50. The van der Waals surface area contributed by atoms with Crippen molar-refractivity contribution >= 4 is 11.6 Å². The molecule has 5 rings (SSSR count). The number of fused-ring (bicyclic) bond motifs is 1. The third-order valence-corrected chi connectivity index (χ3v) is 6.53. The Morgan fingerprint density at radius 1 is 1.17 bits per heavy atom. The molecule has 5 heteroatoms. The van der Waals surface area contributed by atoms with E-state index in [0.717, 1.165) is 37.3 Å². The van der Waals surface area contributed by atoms with Crippen LogP contribution in [0.2, 0.25) is 0 Å². The molecule has 0 bridgehead atoms. The van der Waals surface area contributed by atoms with Gasteiger partial charge >= 0.3 is 0 Å². The number of amides is 1. The summed E-state index contributed by atoms with van der Waals surface area (Å²) in [6, 6.07) is 14.5. The van der Waals surface area contributed by atoms with Crippen molar-refractivity contribution in [3.8, 4) is 12.3 Å². The number of anilines is 1. The molecule has 3 fully saturated rings. The quantitative estimate of drug-likeness (QED) is 0.741. The third kappa shape index (κ3) is 2.99. The van der Waals surface area contributed by atoms with Crippen LogP contribution in [0.3, 0.4) is 0 Å². The van der Waals surface area contributed by atoms with Crippen molar-refractivity contribution in [3.63, 3.8) is 0 Å². The molecule has 2 aromatic rings. The van der Waals surface area contributed by atoms with E-state index in [9.17, 15) is 4.79 Å². The number of ether oxygens (including phenoxy) is 1. The van der Waals surface area contributed by atoms with E-state index in [1.54, 1.807) is 0 Å². The summed E-state index contributed by atoms with van der Waals surface area (Å²) in [5.74, 6) is 2.80. The van der Waals surface area contributed by atoms with E-state index in [2.05, 4.69) is 34.0 Å². The fourth-order valence-electron chi connectivity index (χ4n) is 5.08. The van der Waals surface area contributed by atoms with Crippen LogP contribution in [0.5, 0.6) is 0 Å². The fraction of sp³-hybridized carbons (Fsp3) is 0.417. The first-order valence-corrected chi connectivity index (χ1v) is 10.4. The molecule has 2 atom stereocenters. The standard InChI is InChI=1S/C24H25N3O2/c1-3-19-16-20(15-17(2)25-19)26-13-11-24(12-14-26)23(28)27-21(9-10-22(27)29-24)18-7-5-4-6-8-18/h1,4-8,15-16,21-22H,9-14H2,2H3/t21-,22+/m0/s1. The second kappa shape index (κ2) is 6.89. The highest BCUT2D eigenvalue weighted by Crippen LogP contribution is 2.47.